The van der Waals surface area contributed by atoms with Crippen molar-refractivity contribution < 1.29 is 4.79 Å². The largest absolute Gasteiger partial charge is 0.356 e. The molecule has 1 fully saturated rings. The monoisotopic (exact) mass is 274 g/mol. The predicted molar refractivity (Wildman–Crippen MR) is 82.7 cm³/mol. The molecule has 2 N–H and O–H groups in total. The summed E-state index contributed by atoms with van der Waals surface area (Å²) in [5, 5.41) is 6.39. The van der Waals surface area contributed by atoms with Crippen LogP contribution in [0.4, 0.5) is 0 Å². The number of benzene rings is 1. The van der Waals surface area contributed by atoms with Crippen LogP contribution in [0.25, 0.3) is 0 Å². The zero-order chi connectivity index (χ0) is 14.2. The molecule has 1 aromatic carbocycles. The van der Waals surface area contributed by atoms with Crippen LogP contribution in [0, 0.1) is 5.92 Å². The zero-order valence-corrected chi connectivity index (χ0v) is 12.4. The molecule has 2 atom stereocenters. The van der Waals surface area contributed by atoms with Crippen LogP contribution in [0.3, 0.4) is 0 Å². The first-order chi connectivity index (χ1) is 9.75. The molecule has 1 aliphatic heterocycles. The molecule has 0 aliphatic carbocycles. The summed E-state index contributed by atoms with van der Waals surface area (Å²) in [4.78, 5) is 11.8. The van der Waals surface area contributed by atoms with Crippen LogP contribution < -0.4 is 10.6 Å². The van der Waals surface area contributed by atoms with Gasteiger partial charge in [0.1, 0.15) is 0 Å². The second-order valence-corrected chi connectivity index (χ2v) is 5.85. The highest BCUT2D eigenvalue weighted by molar-refractivity contribution is 5.75. The molecule has 3 nitrogen and oxygen atoms in total. The van der Waals surface area contributed by atoms with Crippen LogP contribution in [-0.4, -0.2) is 25.5 Å². The average molecular weight is 274 g/mol. The van der Waals surface area contributed by atoms with Crippen LogP contribution >= 0.6 is 0 Å². The predicted octanol–water partition coefficient (Wildman–Crippen LogP) is 2.69. The number of carbonyl (C=O) groups is 1. The van der Waals surface area contributed by atoms with E-state index < -0.39 is 0 Å². The van der Waals surface area contributed by atoms with E-state index in [1.165, 1.54) is 12.0 Å². The zero-order valence-electron chi connectivity index (χ0n) is 12.4. The lowest BCUT2D eigenvalue weighted by atomic mass is 9.98. The van der Waals surface area contributed by atoms with E-state index in [4.69, 9.17) is 0 Å². The van der Waals surface area contributed by atoms with Gasteiger partial charge in [-0.05, 0) is 49.8 Å². The third-order valence-corrected chi connectivity index (χ3v) is 4.21. The molecule has 1 heterocycles. The van der Waals surface area contributed by atoms with E-state index in [1.807, 2.05) is 6.07 Å². The van der Waals surface area contributed by atoms with Crippen molar-refractivity contribution in [2.24, 2.45) is 5.92 Å². The minimum Gasteiger partial charge on any atom is -0.356 e. The van der Waals surface area contributed by atoms with Crippen molar-refractivity contribution in [2.45, 2.75) is 38.5 Å². The normalized spacial score (nSPS) is 19.8. The molecule has 1 aromatic rings. The standard InChI is InChI=1S/C17H26N2O/c1-14(16-5-3-2-4-6-16)9-12-19-17(20)8-7-15-10-11-18-13-15/h2-6,14-15,18H,7-13H2,1H3,(H,19,20). The van der Waals surface area contributed by atoms with Gasteiger partial charge in [-0.15, -0.1) is 0 Å². The maximum Gasteiger partial charge on any atom is 0.220 e. The summed E-state index contributed by atoms with van der Waals surface area (Å²) < 4.78 is 0. The third kappa shape index (κ3) is 4.97. The van der Waals surface area contributed by atoms with Crippen molar-refractivity contribution in [1.29, 1.82) is 0 Å². The van der Waals surface area contributed by atoms with Crippen molar-refractivity contribution in [3.63, 3.8) is 0 Å². The topological polar surface area (TPSA) is 41.1 Å². The highest BCUT2D eigenvalue weighted by Gasteiger charge is 2.15. The lowest BCUT2D eigenvalue weighted by Gasteiger charge is -2.13. The molecule has 3 heteroatoms. The van der Waals surface area contributed by atoms with E-state index in [1.54, 1.807) is 0 Å². The molecule has 0 bridgehead atoms. The first-order valence-electron chi connectivity index (χ1n) is 7.78. The molecule has 0 radical (unpaired) electrons. The minimum absolute atomic E-state index is 0.206. The van der Waals surface area contributed by atoms with Gasteiger partial charge in [0, 0.05) is 13.0 Å². The Morgan fingerprint density at radius 2 is 2.20 bits per heavy atom. The van der Waals surface area contributed by atoms with Crippen LogP contribution in [0.2, 0.25) is 0 Å². The molecule has 1 aliphatic rings. The summed E-state index contributed by atoms with van der Waals surface area (Å²) in [5.41, 5.74) is 1.35. The minimum atomic E-state index is 0.206. The van der Waals surface area contributed by atoms with Gasteiger partial charge in [-0.25, -0.2) is 0 Å². The van der Waals surface area contributed by atoms with E-state index in [9.17, 15) is 4.79 Å². The van der Waals surface area contributed by atoms with Crippen molar-refractivity contribution in [3.05, 3.63) is 35.9 Å². The molecule has 20 heavy (non-hydrogen) atoms. The van der Waals surface area contributed by atoms with E-state index in [-0.39, 0.29) is 5.91 Å². The summed E-state index contributed by atoms with van der Waals surface area (Å²) in [7, 11) is 0. The van der Waals surface area contributed by atoms with Crippen LogP contribution in [0.15, 0.2) is 30.3 Å². The Balaban J connectivity index is 1.59. The second kappa shape index (κ2) is 8.05. The molecular formula is C17H26N2O. The fourth-order valence-corrected chi connectivity index (χ4v) is 2.76. The molecule has 110 valence electrons. The van der Waals surface area contributed by atoms with Gasteiger partial charge in [0.2, 0.25) is 5.91 Å². The second-order valence-electron chi connectivity index (χ2n) is 5.85. The molecule has 0 saturated carbocycles. The number of carbonyl (C=O) groups excluding carboxylic acids is 1. The maximum absolute atomic E-state index is 11.8. The fourth-order valence-electron chi connectivity index (χ4n) is 2.76. The van der Waals surface area contributed by atoms with Gasteiger partial charge >= 0.3 is 0 Å². The quantitative estimate of drug-likeness (QED) is 0.802. The lowest BCUT2D eigenvalue weighted by Crippen LogP contribution is -2.25. The molecule has 1 amide bonds. The molecule has 2 unspecified atom stereocenters. The average Bonchev–Trinajstić information content (AvgIpc) is 2.99. The molecule has 0 aromatic heterocycles. The first-order valence-corrected chi connectivity index (χ1v) is 7.78. The summed E-state index contributed by atoms with van der Waals surface area (Å²) >= 11 is 0. The van der Waals surface area contributed by atoms with Crippen molar-refractivity contribution >= 4 is 5.91 Å². The third-order valence-electron chi connectivity index (χ3n) is 4.21. The van der Waals surface area contributed by atoms with Crippen molar-refractivity contribution in [3.8, 4) is 0 Å². The summed E-state index contributed by atoms with van der Waals surface area (Å²) in [6.45, 7) is 5.18. The molecular weight excluding hydrogens is 248 g/mol. The first kappa shape index (κ1) is 15.0. The van der Waals surface area contributed by atoms with Gasteiger partial charge in [0.15, 0.2) is 0 Å². The van der Waals surface area contributed by atoms with Gasteiger partial charge in [-0.2, -0.15) is 0 Å². The van der Waals surface area contributed by atoms with Gasteiger partial charge in [-0.3, -0.25) is 4.79 Å². The Morgan fingerprint density at radius 1 is 1.40 bits per heavy atom. The van der Waals surface area contributed by atoms with Crippen molar-refractivity contribution in [2.75, 3.05) is 19.6 Å². The lowest BCUT2D eigenvalue weighted by molar-refractivity contribution is -0.121. The Kier molecular flexibility index (Phi) is 6.06. The van der Waals surface area contributed by atoms with Crippen molar-refractivity contribution in [1.82, 2.24) is 10.6 Å². The van der Waals surface area contributed by atoms with E-state index in [0.29, 0.717) is 18.3 Å². The van der Waals surface area contributed by atoms with Gasteiger partial charge in [0.25, 0.3) is 0 Å². The highest BCUT2D eigenvalue weighted by atomic mass is 16.1. The summed E-state index contributed by atoms with van der Waals surface area (Å²) in [6.07, 6.45) is 3.91. The Morgan fingerprint density at radius 3 is 2.90 bits per heavy atom. The SMILES string of the molecule is CC(CCNC(=O)CCC1CCNC1)c1ccccc1. The van der Waals surface area contributed by atoms with Gasteiger partial charge in [0.05, 0.1) is 0 Å². The number of hydrogen-bond donors (Lipinski definition) is 2. The molecule has 2 rings (SSSR count). The molecule has 0 spiro atoms. The number of rotatable bonds is 7. The van der Waals surface area contributed by atoms with Crippen LogP contribution in [0.1, 0.15) is 44.1 Å². The Bertz CT molecular complexity index is 399. The Hall–Kier alpha value is -1.35. The Labute approximate surface area is 122 Å². The van der Waals surface area contributed by atoms with Gasteiger partial charge in [-0.1, -0.05) is 37.3 Å². The molecule has 1 saturated heterocycles. The smallest absolute Gasteiger partial charge is 0.220 e. The highest BCUT2D eigenvalue weighted by Crippen LogP contribution is 2.17. The number of amides is 1. The van der Waals surface area contributed by atoms with E-state index in [0.717, 1.165) is 32.5 Å². The van der Waals surface area contributed by atoms with Crippen LogP contribution in [0.5, 0.6) is 0 Å². The van der Waals surface area contributed by atoms with Gasteiger partial charge < -0.3 is 10.6 Å². The van der Waals surface area contributed by atoms with E-state index >= 15 is 0 Å². The number of hydrogen-bond acceptors (Lipinski definition) is 2. The fraction of sp³-hybridized carbons (Fsp3) is 0.588. The summed E-state index contributed by atoms with van der Waals surface area (Å²) in [5.74, 6) is 1.40. The maximum atomic E-state index is 11.8. The number of nitrogens with one attached hydrogen (secondary N) is 2. The van der Waals surface area contributed by atoms with Crippen LogP contribution in [-0.2, 0) is 4.79 Å². The summed E-state index contributed by atoms with van der Waals surface area (Å²) in [6, 6.07) is 10.5. The van der Waals surface area contributed by atoms with E-state index in [2.05, 4.69) is 41.8 Å².